The van der Waals surface area contributed by atoms with E-state index in [1.165, 1.54) is 6.92 Å². The molecule has 0 aliphatic rings. The molecule has 3 nitrogen and oxygen atoms in total. The Hall–Kier alpha value is -1.10. The Labute approximate surface area is 81.9 Å². The van der Waals surface area contributed by atoms with E-state index in [0.717, 1.165) is 6.07 Å². The molecule has 0 heterocycles. The fourth-order valence-electron chi connectivity index (χ4n) is 0.871. The lowest BCUT2D eigenvalue weighted by molar-refractivity contribution is 0.101. The van der Waals surface area contributed by atoms with Crippen molar-refractivity contribution in [3.8, 4) is 11.5 Å². The van der Waals surface area contributed by atoms with Gasteiger partial charge in [-0.25, -0.2) is 4.39 Å². The van der Waals surface area contributed by atoms with Gasteiger partial charge >= 0.3 is 0 Å². The number of carbonyl (C=O) groups is 1. The number of ketones is 1. The lowest BCUT2D eigenvalue weighted by Crippen LogP contribution is -1.95. The first-order chi connectivity index (χ1) is 5.95. The molecule has 70 valence electrons. The maximum Gasteiger partial charge on any atom is 0.196 e. The van der Waals surface area contributed by atoms with Crippen molar-refractivity contribution < 1.29 is 19.4 Å². The number of hydrogen-bond acceptors (Lipinski definition) is 3. The highest BCUT2D eigenvalue weighted by molar-refractivity contribution is 9.10. The molecule has 0 unspecified atom stereocenters. The molecule has 13 heavy (non-hydrogen) atoms. The molecule has 0 atom stereocenters. The van der Waals surface area contributed by atoms with Gasteiger partial charge in [0, 0.05) is 0 Å². The van der Waals surface area contributed by atoms with E-state index in [9.17, 15) is 9.18 Å². The van der Waals surface area contributed by atoms with E-state index in [4.69, 9.17) is 10.2 Å². The summed E-state index contributed by atoms with van der Waals surface area (Å²) in [6.45, 7) is 1.21. The highest BCUT2D eigenvalue weighted by atomic mass is 79.9. The lowest BCUT2D eigenvalue weighted by Gasteiger charge is -2.05. The fourth-order valence-corrected chi connectivity index (χ4v) is 1.29. The standard InChI is InChI=1S/C8H6BrFO3/c1-3(11)4-2-5(9)6(10)8(13)7(4)12/h2,12-13H,1H3. The summed E-state index contributed by atoms with van der Waals surface area (Å²) in [6.07, 6.45) is 0. The van der Waals surface area contributed by atoms with Crippen molar-refractivity contribution in [1.82, 2.24) is 0 Å². The summed E-state index contributed by atoms with van der Waals surface area (Å²) >= 11 is 2.80. The summed E-state index contributed by atoms with van der Waals surface area (Å²) in [5.41, 5.74) is -0.120. The maximum atomic E-state index is 12.9. The molecular formula is C8H6BrFO3. The summed E-state index contributed by atoms with van der Waals surface area (Å²) in [5.74, 6) is -3.08. The van der Waals surface area contributed by atoms with E-state index >= 15 is 0 Å². The van der Waals surface area contributed by atoms with Crippen LogP contribution in [0.15, 0.2) is 10.5 Å². The Balaban J connectivity index is 3.50. The van der Waals surface area contributed by atoms with E-state index < -0.39 is 23.1 Å². The van der Waals surface area contributed by atoms with Gasteiger partial charge in [-0.05, 0) is 28.9 Å². The smallest absolute Gasteiger partial charge is 0.196 e. The Morgan fingerprint density at radius 1 is 1.46 bits per heavy atom. The number of phenolic OH excluding ortho intramolecular Hbond substituents is 2. The first-order valence-corrected chi connectivity index (χ1v) is 4.15. The van der Waals surface area contributed by atoms with Crippen LogP contribution in [0.2, 0.25) is 0 Å². The quantitative estimate of drug-likeness (QED) is 0.592. The molecular weight excluding hydrogens is 243 g/mol. The molecule has 0 radical (unpaired) electrons. The van der Waals surface area contributed by atoms with Crippen molar-refractivity contribution in [2.45, 2.75) is 6.92 Å². The van der Waals surface area contributed by atoms with Crippen molar-refractivity contribution in [3.63, 3.8) is 0 Å². The van der Waals surface area contributed by atoms with Gasteiger partial charge in [0.2, 0.25) is 0 Å². The average Bonchev–Trinajstić information content (AvgIpc) is 2.07. The predicted octanol–water partition coefficient (Wildman–Crippen LogP) is 2.20. The van der Waals surface area contributed by atoms with Crippen molar-refractivity contribution >= 4 is 21.7 Å². The second-order valence-electron chi connectivity index (χ2n) is 2.47. The number of aromatic hydroxyl groups is 2. The number of hydrogen-bond donors (Lipinski definition) is 2. The van der Waals surface area contributed by atoms with Gasteiger partial charge in [0.05, 0.1) is 10.0 Å². The molecule has 1 aromatic carbocycles. The van der Waals surface area contributed by atoms with E-state index in [0.29, 0.717) is 0 Å². The van der Waals surface area contributed by atoms with E-state index in [1.54, 1.807) is 0 Å². The van der Waals surface area contributed by atoms with Crippen LogP contribution in [0.1, 0.15) is 17.3 Å². The van der Waals surface area contributed by atoms with Gasteiger partial charge in [-0.1, -0.05) is 0 Å². The monoisotopic (exact) mass is 248 g/mol. The number of benzene rings is 1. The number of halogens is 2. The normalized spacial score (nSPS) is 10.1. The molecule has 2 N–H and O–H groups in total. The predicted molar refractivity (Wildman–Crippen MR) is 47.4 cm³/mol. The summed E-state index contributed by atoms with van der Waals surface area (Å²) < 4.78 is 12.8. The zero-order valence-corrected chi connectivity index (χ0v) is 8.22. The SMILES string of the molecule is CC(=O)c1cc(Br)c(F)c(O)c1O. The molecule has 0 aliphatic carbocycles. The Morgan fingerprint density at radius 2 is 2.00 bits per heavy atom. The zero-order valence-electron chi connectivity index (χ0n) is 6.64. The number of Topliss-reactive ketones (excluding diaryl/α,β-unsaturated/α-hetero) is 1. The number of phenols is 2. The van der Waals surface area contributed by atoms with Gasteiger partial charge in [0.15, 0.2) is 23.1 Å². The van der Waals surface area contributed by atoms with Crippen LogP contribution in [0.3, 0.4) is 0 Å². The van der Waals surface area contributed by atoms with Crippen molar-refractivity contribution in [3.05, 3.63) is 21.9 Å². The molecule has 0 saturated carbocycles. The third kappa shape index (κ3) is 1.65. The number of rotatable bonds is 1. The minimum atomic E-state index is -0.984. The zero-order chi connectivity index (χ0) is 10.2. The topological polar surface area (TPSA) is 57.5 Å². The first-order valence-electron chi connectivity index (χ1n) is 3.36. The first kappa shape index (κ1) is 9.98. The third-order valence-corrected chi connectivity index (χ3v) is 2.12. The summed E-state index contributed by atoms with van der Waals surface area (Å²) in [7, 11) is 0. The highest BCUT2D eigenvalue weighted by Crippen LogP contribution is 2.36. The average molecular weight is 249 g/mol. The Kier molecular flexibility index (Phi) is 2.56. The number of carbonyl (C=O) groups excluding carboxylic acids is 1. The second kappa shape index (κ2) is 3.33. The minimum Gasteiger partial charge on any atom is -0.504 e. The van der Waals surface area contributed by atoms with Crippen molar-refractivity contribution in [1.29, 1.82) is 0 Å². The van der Waals surface area contributed by atoms with Crippen molar-refractivity contribution in [2.75, 3.05) is 0 Å². The van der Waals surface area contributed by atoms with Gasteiger partial charge in [-0.3, -0.25) is 4.79 Å². The summed E-state index contributed by atoms with van der Waals surface area (Å²) in [4.78, 5) is 10.9. The van der Waals surface area contributed by atoms with E-state index in [1.807, 2.05) is 0 Å². The summed E-state index contributed by atoms with van der Waals surface area (Å²) in [6, 6.07) is 1.12. The van der Waals surface area contributed by atoms with Crippen molar-refractivity contribution in [2.24, 2.45) is 0 Å². The largest absolute Gasteiger partial charge is 0.504 e. The molecule has 0 spiro atoms. The van der Waals surface area contributed by atoms with Gasteiger partial charge in [0.1, 0.15) is 0 Å². The molecule has 1 aromatic rings. The third-order valence-electron chi connectivity index (χ3n) is 1.55. The highest BCUT2D eigenvalue weighted by Gasteiger charge is 2.17. The second-order valence-corrected chi connectivity index (χ2v) is 3.33. The lowest BCUT2D eigenvalue weighted by atomic mass is 10.1. The fraction of sp³-hybridized carbons (Fsp3) is 0.125. The summed E-state index contributed by atoms with van der Waals surface area (Å²) in [5, 5.41) is 18.2. The molecule has 0 amide bonds. The van der Waals surface area contributed by atoms with Crippen LogP contribution in [-0.2, 0) is 0 Å². The van der Waals surface area contributed by atoms with E-state index in [2.05, 4.69) is 15.9 Å². The van der Waals surface area contributed by atoms with Crippen LogP contribution >= 0.6 is 15.9 Å². The van der Waals surface area contributed by atoms with Crippen LogP contribution in [0, 0.1) is 5.82 Å². The Morgan fingerprint density at radius 3 is 2.46 bits per heavy atom. The molecule has 5 heteroatoms. The van der Waals surface area contributed by atoms with Gasteiger partial charge in [-0.2, -0.15) is 0 Å². The van der Waals surface area contributed by atoms with Crippen LogP contribution < -0.4 is 0 Å². The minimum absolute atomic E-state index is 0.0620. The van der Waals surface area contributed by atoms with Crippen LogP contribution in [0.25, 0.3) is 0 Å². The Bertz CT molecular complexity index is 376. The van der Waals surface area contributed by atoms with Gasteiger partial charge in [0.25, 0.3) is 0 Å². The van der Waals surface area contributed by atoms with Crippen LogP contribution in [-0.4, -0.2) is 16.0 Å². The molecule has 0 aromatic heterocycles. The van der Waals surface area contributed by atoms with Crippen LogP contribution in [0.4, 0.5) is 4.39 Å². The van der Waals surface area contributed by atoms with E-state index in [-0.39, 0.29) is 10.0 Å². The molecule has 1 rings (SSSR count). The van der Waals surface area contributed by atoms with Crippen LogP contribution in [0.5, 0.6) is 11.5 Å². The molecule has 0 bridgehead atoms. The van der Waals surface area contributed by atoms with Gasteiger partial charge < -0.3 is 10.2 Å². The van der Waals surface area contributed by atoms with Gasteiger partial charge in [-0.15, -0.1) is 0 Å². The molecule has 0 aliphatic heterocycles. The molecule has 0 saturated heterocycles. The molecule has 0 fully saturated rings. The maximum absolute atomic E-state index is 12.9.